The fraction of sp³-hybridized carbons (Fsp3) is 0.600. The maximum absolute atomic E-state index is 5.56. The van der Waals surface area contributed by atoms with Crippen molar-refractivity contribution in [2.75, 3.05) is 27.4 Å². The summed E-state index contributed by atoms with van der Waals surface area (Å²) in [6, 6.07) is 4.06. The lowest BCUT2D eigenvalue weighted by atomic mass is 9.94. The van der Waals surface area contributed by atoms with Gasteiger partial charge in [-0.1, -0.05) is 0 Å². The lowest BCUT2D eigenvalue weighted by Gasteiger charge is -2.34. The monoisotopic (exact) mass is 343 g/mol. The minimum Gasteiger partial charge on any atom is -0.493 e. The van der Waals surface area contributed by atoms with Gasteiger partial charge in [0.25, 0.3) is 0 Å². The predicted octanol–water partition coefficient (Wildman–Crippen LogP) is 3.13. The van der Waals surface area contributed by atoms with Crippen LogP contribution < -0.4 is 14.8 Å². The summed E-state index contributed by atoms with van der Waals surface area (Å²) in [5.41, 5.74) is 1.21. The second-order valence-electron chi connectivity index (χ2n) is 5.38. The van der Waals surface area contributed by atoms with Gasteiger partial charge in [-0.15, -0.1) is 0 Å². The van der Waals surface area contributed by atoms with Gasteiger partial charge in [0.15, 0.2) is 11.5 Å². The van der Waals surface area contributed by atoms with Crippen LogP contribution in [0.15, 0.2) is 16.6 Å². The third-order valence-electron chi connectivity index (χ3n) is 3.65. The molecule has 0 saturated carbocycles. The predicted molar refractivity (Wildman–Crippen MR) is 82.5 cm³/mol. The molecule has 0 aliphatic carbocycles. The quantitative estimate of drug-likeness (QED) is 0.891. The molecule has 4 nitrogen and oxygen atoms in total. The van der Waals surface area contributed by atoms with Crippen LogP contribution in [-0.4, -0.2) is 33.0 Å². The van der Waals surface area contributed by atoms with Gasteiger partial charge in [-0.3, -0.25) is 0 Å². The zero-order chi connectivity index (χ0) is 14.6. The Morgan fingerprint density at radius 3 is 2.75 bits per heavy atom. The van der Waals surface area contributed by atoms with Crippen molar-refractivity contribution >= 4 is 15.9 Å². The Bertz CT molecular complexity index is 459. The first-order valence-corrected chi connectivity index (χ1v) is 7.60. The summed E-state index contributed by atoms with van der Waals surface area (Å²) in [6.07, 6.45) is 2.25. The lowest BCUT2D eigenvalue weighted by Crippen LogP contribution is -2.48. The minimum absolute atomic E-state index is 0.0535. The highest BCUT2D eigenvalue weighted by molar-refractivity contribution is 9.10. The molecule has 0 spiro atoms. The van der Waals surface area contributed by atoms with Crippen LogP contribution in [-0.2, 0) is 11.3 Å². The maximum atomic E-state index is 5.56. The smallest absolute Gasteiger partial charge is 0.174 e. The molecule has 1 saturated heterocycles. The van der Waals surface area contributed by atoms with Gasteiger partial charge < -0.3 is 19.5 Å². The van der Waals surface area contributed by atoms with Crippen molar-refractivity contribution in [1.29, 1.82) is 0 Å². The second-order valence-corrected chi connectivity index (χ2v) is 6.24. The Hall–Kier alpha value is -0.780. The minimum atomic E-state index is 0.0535. The normalized spacial score (nSPS) is 22.6. The van der Waals surface area contributed by atoms with Crippen LogP contribution in [0.4, 0.5) is 0 Å². The van der Waals surface area contributed by atoms with Gasteiger partial charge in [0.2, 0.25) is 0 Å². The van der Waals surface area contributed by atoms with Crippen LogP contribution in [0.1, 0.15) is 25.3 Å². The number of hydrogen-bond acceptors (Lipinski definition) is 4. The number of rotatable bonds is 5. The van der Waals surface area contributed by atoms with Crippen molar-refractivity contribution in [3.8, 4) is 11.5 Å². The molecule has 1 unspecified atom stereocenters. The van der Waals surface area contributed by atoms with E-state index in [2.05, 4.69) is 34.2 Å². The highest BCUT2D eigenvalue weighted by Gasteiger charge is 2.26. The van der Waals surface area contributed by atoms with E-state index in [4.69, 9.17) is 14.2 Å². The summed E-state index contributed by atoms with van der Waals surface area (Å²) in [7, 11) is 3.29. The van der Waals surface area contributed by atoms with E-state index in [0.29, 0.717) is 0 Å². The molecule has 0 radical (unpaired) electrons. The topological polar surface area (TPSA) is 39.7 Å². The summed E-state index contributed by atoms with van der Waals surface area (Å²) >= 11 is 3.52. The maximum Gasteiger partial charge on any atom is 0.174 e. The van der Waals surface area contributed by atoms with E-state index in [0.717, 1.165) is 54.1 Å². The highest BCUT2D eigenvalue weighted by Crippen LogP contribution is 2.36. The number of hydrogen-bond donors (Lipinski definition) is 1. The van der Waals surface area contributed by atoms with Gasteiger partial charge in [-0.2, -0.15) is 0 Å². The molecule has 20 heavy (non-hydrogen) atoms. The number of halogens is 1. The van der Waals surface area contributed by atoms with Crippen LogP contribution >= 0.6 is 15.9 Å². The average Bonchev–Trinajstić information content (AvgIpc) is 2.45. The molecule has 0 aromatic heterocycles. The van der Waals surface area contributed by atoms with E-state index >= 15 is 0 Å². The third-order valence-corrected chi connectivity index (χ3v) is 4.24. The number of ether oxygens (including phenoxy) is 3. The van der Waals surface area contributed by atoms with Crippen molar-refractivity contribution in [1.82, 2.24) is 5.32 Å². The summed E-state index contributed by atoms with van der Waals surface area (Å²) in [5.74, 6) is 1.46. The van der Waals surface area contributed by atoms with Gasteiger partial charge in [0.05, 0.1) is 25.3 Å². The van der Waals surface area contributed by atoms with E-state index in [1.165, 1.54) is 0 Å². The molecule has 1 heterocycles. The van der Waals surface area contributed by atoms with Crippen molar-refractivity contribution in [2.24, 2.45) is 0 Å². The Morgan fingerprint density at radius 1 is 1.35 bits per heavy atom. The van der Waals surface area contributed by atoms with Crippen LogP contribution in [0, 0.1) is 0 Å². The standard InChI is InChI=1S/C15H22BrNO3/c1-15(5-4-6-20-10-15)17-9-11-7-12(16)14(19-3)13(8-11)18-2/h7-8,17H,4-6,9-10H2,1-3H3. The summed E-state index contributed by atoms with van der Waals surface area (Å²) in [4.78, 5) is 0. The molecule has 1 aliphatic rings. The summed E-state index contributed by atoms with van der Waals surface area (Å²) in [5, 5.41) is 3.59. The molecule has 1 atom stereocenters. The first-order valence-electron chi connectivity index (χ1n) is 6.81. The Kier molecular flexibility index (Phi) is 5.29. The first kappa shape index (κ1) is 15.6. The third kappa shape index (κ3) is 3.65. The number of nitrogens with one attached hydrogen (secondary N) is 1. The molecule has 1 aromatic carbocycles. The molecule has 1 fully saturated rings. The van der Waals surface area contributed by atoms with Crippen LogP contribution in [0.25, 0.3) is 0 Å². The van der Waals surface area contributed by atoms with Crippen LogP contribution in [0.3, 0.4) is 0 Å². The van der Waals surface area contributed by atoms with Gasteiger partial charge in [0.1, 0.15) is 0 Å². The molecule has 1 aromatic rings. The van der Waals surface area contributed by atoms with E-state index < -0.39 is 0 Å². The van der Waals surface area contributed by atoms with E-state index in [1.807, 2.05) is 6.07 Å². The Morgan fingerprint density at radius 2 is 2.15 bits per heavy atom. The summed E-state index contributed by atoms with van der Waals surface area (Å²) < 4.78 is 17.2. The molecule has 112 valence electrons. The molecule has 0 amide bonds. The first-order chi connectivity index (χ1) is 9.58. The van der Waals surface area contributed by atoms with Gasteiger partial charge in [0, 0.05) is 18.7 Å². The molecule has 5 heteroatoms. The highest BCUT2D eigenvalue weighted by atomic mass is 79.9. The summed E-state index contributed by atoms with van der Waals surface area (Å²) in [6.45, 7) is 4.63. The Labute approximate surface area is 128 Å². The SMILES string of the molecule is COc1cc(CNC2(C)CCCOC2)cc(Br)c1OC. The molecular weight excluding hydrogens is 322 g/mol. The molecule has 0 bridgehead atoms. The largest absolute Gasteiger partial charge is 0.493 e. The average molecular weight is 344 g/mol. The van der Waals surface area contributed by atoms with Crippen molar-refractivity contribution in [3.63, 3.8) is 0 Å². The zero-order valence-electron chi connectivity index (χ0n) is 12.3. The lowest BCUT2D eigenvalue weighted by molar-refractivity contribution is 0.0278. The van der Waals surface area contributed by atoms with E-state index in [1.54, 1.807) is 14.2 Å². The van der Waals surface area contributed by atoms with Crippen molar-refractivity contribution in [2.45, 2.75) is 31.8 Å². The number of methoxy groups -OCH3 is 2. The van der Waals surface area contributed by atoms with Gasteiger partial charge in [-0.25, -0.2) is 0 Å². The number of benzene rings is 1. The van der Waals surface area contributed by atoms with E-state index in [-0.39, 0.29) is 5.54 Å². The van der Waals surface area contributed by atoms with Crippen LogP contribution in [0.5, 0.6) is 11.5 Å². The van der Waals surface area contributed by atoms with Crippen molar-refractivity contribution in [3.05, 3.63) is 22.2 Å². The zero-order valence-corrected chi connectivity index (χ0v) is 13.9. The van der Waals surface area contributed by atoms with E-state index in [9.17, 15) is 0 Å². The Balaban J connectivity index is 2.07. The molecular formula is C15H22BrNO3. The molecule has 1 N–H and O–H groups in total. The fourth-order valence-corrected chi connectivity index (χ4v) is 3.11. The molecule has 2 rings (SSSR count). The van der Waals surface area contributed by atoms with Gasteiger partial charge in [-0.05, 0) is 53.4 Å². The van der Waals surface area contributed by atoms with Crippen LogP contribution in [0.2, 0.25) is 0 Å². The second kappa shape index (κ2) is 6.78. The van der Waals surface area contributed by atoms with Crippen molar-refractivity contribution < 1.29 is 14.2 Å². The molecule has 1 aliphatic heterocycles. The van der Waals surface area contributed by atoms with Gasteiger partial charge >= 0.3 is 0 Å². The fourth-order valence-electron chi connectivity index (χ4n) is 2.46.